The Hall–Kier alpha value is -2.01. The van der Waals surface area contributed by atoms with E-state index < -0.39 is 5.97 Å². The summed E-state index contributed by atoms with van der Waals surface area (Å²) in [6.07, 6.45) is 6.24. The summed E-state index contributed by atoms with van der Waals surface area (Å²) in [5, 5.41) is 9.63. The summed E-state index contributed by atoms with van der Waals surface area (Å²) in [6.45, 7) is 6.19. The number of aromatic nitrogens is 2. The number of hydrogen-bond donors (Lipinski definition) is 1. The zero-order valence-electron chi connectivity index (χ0n) is 11.6. The molecule has 0 aliphatic heterocycles. The van der Waals surface area contributed by atoms with Crippen molar-refractivity contribution in [3.63, 3.8) is 0 Å². The third kappa shape index (κ3) is 3.30. The fraction of sp³-hybridized carbons (Fsp3) is 0.267. The Morgan fingerprint density at radius 3 is 2.70 bits per heavy atom. The maximum Gasteiger partial charge on any atom is 0.328 e. The van der Waals surface area contributed by atoms with Gasteiger partial charge in [0.1, 0.15) is 5.01 Å². The number of hydrogen-bond acceptors (Lipinski definition) is 4. The highest BCUT2D eigenvalue weighted by Gasteiger charge is 2.22. The van der Waals surface area contributed by atoms with Crippen LogP contribution in [0.25, 0.3) is 16.6 Å². The maximum atomic E-state index is 10.7. The molecule has 0 amide bonds. The van der Waals surface area contributed by atoms with Crippen molar-refractivity contribution < 1.29 is 9.90 Å². The van der Waals surface area contributed by atoms with Gasteiger partial charge in [-0.05, 0) is 18.2 Å². The highest BCUT2D eigenvalue weighted by Crippen LogP contribution is 2.34. The molecule has 0 aliphatic carbocycles. The third-order valence-corrected chi connectivity index (χ3v) is 3.72. The van der Waals surface area contributed by atoms with Gasteiger partial charge >= 0.3 is 5.97 Å². The number of pyridine rings is 1. The first kappa shape index (κ1) is 14.4. The summed E-state index contributed by atoms with van der Waals surface area (Å²) in [7, 11) is 0. The minimum Gasteiger partial charge on any atom is -0.478 e. The molecule has 2 heterocycles. The fourth-order valence-corrected chi connectivity index (χ4v) is 2.91. The highest BCUT2D eigenvalue weighted by atomic mass is 32.1. The minimum atomic E-state index is -0.957. The minimum absolute atomic E-state index is 0.144. The number of nitrogens with zero attached hydrogens (tertiary/aromatic N) is 2. The van der Waals surface area contributed by atoms with Gasteiger partial charge in [-0.1, -0.05) is 20.8 Å². The average molecular weight is 288 g/mol. The summed E-state index contributed by atoms with van der Waals surface area (Å²) in [4.78, 5) is 20.3. The Labute approximate surface area is 121 Å². The van der Waals surface area contributed by atoms with Crippen molar-refractivity contribution in [3.05, 3.63) is 41.2 Å². The zero-order chi connectivity index (χ0) is 14.8. The summed E-state index contributed by atoms with van der Waals surface area (Å²) in [6, 6.07) is 3.81. The molecule has 1 N–H and O–H groups in total. The Morgan fingerprint density at radius 2 is 2.15 bits per heavy atom. The molecule has 20 heavy (non-hydrogen) atoms. The van der Waals surface area contributed by atoms with Crippen LogP contribution in [0.15, 0.2) is 30.6 Å². The quantitative estimate of drug-likeness (QED) is 0.876. The van der Waals surface area contributed by atoms with E-state index in [1.54, 1.807) is 18.5 Å². The zero-order valence-corrected chi connectivity index (χ0v) is 12.4. The van der Waals surface area contributed by atoms with Crippen molar-refractivity contribution in [3.8, 4) is 10.6 Å². The SMILES string of the molecule is CC(C)(C)c1nc(-c2cccnc2)sc1/C=C/C(=O)O. The van der Waals surface area contributed by atoms with E-state index in [-0.39, 0.29) is 5.41 Å². The maximum absolute atomic E-state index is 10.7. The molecule has 2 aromatic rings. The summed E-state index contributed by atoms with van der Waals surface area (Å²) in [5.74, 6) is -0.957. The number of carboxylic acid groups (broad SMARTS) is 1. The average Bonchev–Trinajstić information content (AvgIpc) is 2.81. The molecule has 2 aromatic heterocycles. The third-order valence-electron chi connectivity index (χ3n) is 2.65. The van der Waals surface area contributed by atoms with Crippen molar-refractivity contribution in [2.24, 2.45) is 0 Å². The van der Waals surface area contributed by atoms with Crippen LogP contribution in [-0.2, 0) is 10.2 Å². The molecule has 4 nitrogen and oxygen atoms in total. The predicted octanol–water partition coefficient (Wildman–Crippen LogP) is 3.60. The van der Waals surface area contributed by atoms with Crippen LogP contribution in [0, 0.1) is 0 Å². The second-order valence-corrected chi connectivity index (χ2v) is 6.43. The van der Waals surface area contributed by atoms with Crippen LogP contribution in [0.3, 0.4) is 0 Å². The molecular formula is C15H16N2O2S. The predicted molar refractivity (Wildman–Crippen MR) is 80.7 cm³/mol. The Bertz CT molecular complexity index is 640. The topological polar surface area (TPSA) is 63.1 Å². The van der Waals surface area contributed by atoms with Gasteiger partial charge < -0.3 is 5.11 Å². The largest absolute Gasteiger partial charge is 0.478 e. The molecule has 0 unspecified atom stereocenters. The second kappa shape index (κ2) is 5.54. The highest BCUT2D eigenvalue weighted by molar-refractivity contribution is 7.16. The smallest absolute Gasteiger partial charge is 0.328 e. The molecule has 0 spiro atoms. The van der Waals surface area contributed by atoms with Crippen molar-refractivity contribution in [2.45, 2.75) is 26.2 Å². The van der Waals surface area contributed by atoms with E-state index in [0.29, 0.717) is 0 Å². The van der Waals surface area contributed by atoms with Gasteiger partial charge in [-0.25, -0.2) is 9.78 Å². The van der Waals surface area contributed by atoms with Gasteiger partial charge in [0.15, 0.2) is 0 Å². The lowest BCUT2D eigenvalue weighted by Crippen LogP contribution is -2.13. The monoisotopic (exact) mass is 288 g/mol. The molecule has 5 heteroatoms. The van der Waals surface area contributed by atoms with Crippen LogP contribution in [0.4, 0.5) is 0 Å². The van der Waals surface area contributed by atoms with E-state index in [1.807, 2.05) is 12.1 Å². The molecule has 0 radical (unpaired) electrons. The summed E-state index contributed by atoms with van der Waals surface area (Å²) in [5.41, 5.74) is 1.70. The first-order chi connectivity index (χ1) is 9.38. The van der Waals surface area contributed by atoms with Crippen LogP contribution in [0.2, 0.25) is 0 Å². The number of rotatable bonds is 3. The number of carbonyl (C=O) groups is 1. The van der Waals surface area contributed by atoms with Gasteiger partial charge in [0.25, 0.3) is 0 Å². The molecular weight excluding hydrogens is 272 g/mol. The molecule has 2 rings (SSSR count). The summed E-state index contributed by atoms with van der Waals surface area (Å²) >= 11 is 1.48. The van der Waals surface area contributed by atoms with E-state index in [9.17, 15) is 4.79 Å². The van der Waals surface area contributed by atoms with Crippen molar-refractivity contribution in [1.29, 1.82) is 0 Å². The Balaban J connectivity index is 2.50. The number of thiazole rings is 1. The lowest BCUT2D eigenvalue weighted by atomic mass is 9.91. The molecule has 0 saturated carbocycles. The van der Waals surface area contributed by atoms with Crippen molar-refractivity contribution >= 4 is 23.4 Å². The van der Waals surface area contributed by atoms with Gasteiger partial charge in [0, 0.05) is 29.4 Å². The molecule has 104 valence electrons. The fourth-order valence-electron chi connectivity index (χ4n) is 1.74. The number of carboxylic acids is 1. The van der Waals surface area contributed by atoms with Crippen LogP contribution >= 0.6 is 11.3 Å². The molecule has 0 aromatic carbocycles. The lowest BCUT2D eigenvalue weighted by molar-refractivity contribution is -0.131. The second-order valence-electron chi connectivity index (χ2n) is 5.40. The molecule has 0 fully saturated rings. The number of aliphatic carboxylic acids is 1. The van der Waals surface area contributed by atoms with Crippen LogP contribution in [0.1, 0.15) is 31.3 Å². The van der Waals surface area contributed by atoms with E-state index in [2.05, 4.69) is 30.7 Å². The Kier molecular flexibility index (Phi) is 3.99. The van der Waals surface area contributed by atoms with Crippen LogP contribution in [0.5, 0.6) is 0 Å². The van der Waals surface area contributed by atoms with Gasteiger partial charge in [0.2, 0.25) is 0 Å². The van der Waals surface area contributed by atoms with E-state index in [0.717, 1.165) is 27.2 Å². The van der Waals surface area contributed by atoms with Crippen molar-refractivity contribution in [1.82, 2.24) is 9.97 Å². The van der Waals surface area contributed by atoms with Crippen LogP contribution in [-0.4, -0.2) is 21.0 Å². The van der Waals surface area contributed by atoms with E-state index in [4.69, 9.17) is 5.11 Å². The lowest BCUT2D eigenvalue weighted by Gasteiger charge is -2.16. The normalized spacial score (nSPS) is 11.9. The standard InChI is InChI=1S/C15H16N2O2S/c1-15(2,3)13-11(6-7-12(18)19)20-14(17-13)10-5-4-8-16-9-10/h4-9H,1-3H3,(H,18,19)/b7-6+. The first-order valence-corrected chi connectivity index (χ1v) is 7.02. The molecule has 0 aliphatic rings. The van der Waals surface area contributed by atoms with Gasteiger partial charge in [-0.15, -0.1) is 11.3 Å². The van der Waals surface area contributed by atoms with Crippen LogP contribution < -0.4 is 0 Å². The van der Waals surface area contributed by atoms with Gasteiger partial charge in [0.05, 0.1) is 10.6 Å². The molecule has 0 saturated heterocycles. The molecule has 0 bridgehead atoms. The Morgan fingerprint density at radius 1 is 1.40 bits per heavy atom. The molecule has 0 atom stereocenters. The van der Waals surface area contributed by atoms with Gasteiger partial charge in [-0.3, -0.25) is 4.98 Å². The first-order valence-electron chi connectivity index (χ1n) is 6.20. The summed E-state index contributed by atoms with van der Waals surface area (Å²) < 4.78 is 0. The van der Waals surface area contributed by atoms with Crippen molar-refractivity contribution in [2.75, 3.05) is 0 Å². The van der Waals surface area contributed by atoms with E-state index >= 15 is 0 Å². The van der Waals surface area contributed by atoms with Gasteiger partial charge in [-0.2, -0.15) is 0 Å². The van der Waals surface area contributed by atoms with E-state index in [1.165, 1.54) is 11.3 Å².